The molecule has 0 unspecified atom stereocenters. The van der Waals surface area contributed by atoms with E-state index in [1.54, 1.807) is 16.7 Å². The zero-order chi connectivity index (χ0) is 9.80. The molecule has 0 atom stereocenters. The van der Waals surface area contributed by atoms with Gasteiger partial charge in [0.25, 0.3) is 0 Å². The van der Waals surface area contributed by atoms with Crippen LogP contribution in [0.5, 0.6) is 0 Å². The number of rotatable bonds is 3. The molecule has 1 aliphatic rings. The van der Waals surface area contributed by atoms with Crippen LogP contribution in [-0.4, -0.2) is 11.0 Å². The van der Waals surface area contributed by atoms with Gasteiger partial charge in [-0.25, -0.2) is 4.98 Å². The molecule has 0 radical (unpaired) electrons. The van der Waals surface area contributed by atoms with E-state index in [2.05, 4.69) is 22.5 Å². The van der Waals surface area contributed by atoms with E-state index in [9.17, 15) is 0 Å². The molecule has 1 heterocycles. The Morgan fingerprint density at radius 2 is 2.36 bits per heavy atom. The monoisotopic (exact) mass is 205 g/mol. The first-order valence-corrected chi connectivity index (χ1v) is 5.49. The van der Waals surface area contributed by atoms with Gasteiger partial charge in [-0.3, -0.25) is 0 Å². The summed E-state index contributed by atoms with van der Waals surface area (Å²) >= 11 is 1.54. The molecule has 0 saturated heterocycles. The minimum atomic E-state index is 0.524. The summed E-state index contributed by atoms with van der Waals surface area (Å²) in [5.74, 6) is 0. The van der Waals surface area contributed by atoms with Gasteiger partial charge in [-0.15, -0.1) is 11.3 Å². The Morgan fingerprint density at radius 3 is 3.00 bits per heavy atom. The van der Waals surface area contributed by atoms with Crippen molar-refractivity contribution in [2.75, 3.05) is 0 Å². The fraction of sp³-hybridized carbons (Fsp3) is 0.400. The van der Waals surface area contributed by atoms with Gasteiger partial charge in [0.2, 0.25) is 0 Å². The van der Waals surface area contributed by atoms with Gasteiger partial charge in [0.15, 0.2) is 5.69 Å². The van der Waals surface area contributed by atoms with Gasteiger partial charge in [-0.2, -0.15) is 5.26 Å². The molecule has 2 rings (SSSR count). The lowest BCUT2D eigenvalue weighted by Crippen LogP contribution is -2.25. The highest BCUT2D eigenvalue weighted by molar-refractivity contribution is 7.09. The summed E-state index contributed by atoms with van der Waals surface area (Å²) in [6.07, 6.45) is 6.60. The number of nitrogens with zero attached hydrogens (tertiary/aromatic N) is 2. The topological polar surface area (TPSA) is 48.7 Å². The Kier molecular flexibility index (Phi) is 2.92. The lowest BCUT2D eigenvalue weighted by Gasteiger charge is -2.09. The first-order valence-electron chi connectivity index (χ1n) is 4.61. The van der Waals surface area contributed by atoms with E-state index < -0.39 is 0 Å². The highest BCUT2D eigenvalue weighted by atomic mass is 32.1. The molecule has 0 aliphatic heterocycles. The molecule has 0 saturated carbocycles. The summed E-state index contributed by atoms with van der Waals surface area (Å²) in [5.41, 5.74) is 0.524. The van der Waals surface area contributed by atoms with E-state index in [4.69, 9.17) is 5.26 Å². The zero-order valence-electron chi connectivity index (χ0n) is 7.73. The van der Waals surface area contributed by atoms with Crippen molar-refractivity contribution < 1.29 is 0 Å². The molecule has 3 nitrogen and oxygen atoms in total. The van der Waals surface area contributed by atoms with Crippen LogP contribution in [0.15, 0.2) is 17.5 Å². The third-order valence-corrected chi connectivity index (χ3v) is 3.06. The van der Waals surface area contributed by atoms with Crippen LogP contribution in [0.2, 0.25) is 0 Å². The summed E-state index contributed by atoms with van der Waals surface area (Å²) in [4.78, 5) is 4.16. The molecule has 0 amide bonds. The largest absolute Gasteiger partial charge is 0.307 e. The normalized spacial score (nSPS) is 15.9. The van der Waals surface area contributed by atoms with Crippen LogP contribution in [0, 0.1) is 11.3 Å². The minimum absolute atomic E-state index is 0.524. The number of aromatic nitrogens is 1. The highest BCUT2D eigenvalue weighted by Crippen LogP contribution is 2.12. The predicted molar refractivity (Wildman–Crippen MR) is 55.8 cm³/mol. The molecular weight excluding hydrogens is 194 g/mol. The smallest absolute Gasteiger partial charge is 0.151 e. The lowest BCUT2D eigenvalue weighted by molar-refractivity contribution is 0.537. The van der Waals surface area contributed by atoms with E-state index >= 15 is 0 Å². The van der Waals surface area contributed by atoms with Crippen LogP contribution in [-0.2, 0) is 6.54 Å². The number of nitriles is 1. The standard InChI is InChI=1S/C10H11N3S/c11-5-9-7-14-10(13-9)6-12-8-3-1-2-4-8/h1-2,7-8,12H,3-4,6H2. The Balaban J connectivity index is 1.83. The van der Waals surface area contributed by atoms with E-state index in [1.807, 2.05) is 6.07 Å². The average molecular weight is 205 g/mol. The average Bonchev–Trinajstić information content (AvgIpc) is 2.86. The molecule has 0 bridgehead atoms. The van der Waals surface area contributed by atoms with E-state index in [0.29, 0.717) is 11.7 Å². The van der Waals surface area contributed by atoms with Crippen molar-refractivity contribution in [1.29, 1.82) is 5.26 Å². The van der Waals surface area contributed by atoms with Crippen molar-refractivity contribution in [3.8, 4) is 6.07 Å². The van der Waals surface area contributed by atoms with Crippen molar-refractivity contribution >= 4 is 11.3 Å². The van der Waals surface area contributed by atoms with Gasteiger partial charge in [0.1, 0.15) is 11.1 Å². The molecule has 4 heteroatoms. The van der Waals surface area contributed by atoms with Crippen LogP contribution < -0.4 is 5.32 Å². The molecule has 72 valence electrons. The highest BCUT2D eigenvalue weighted by Gasteiger charge is 2.09. The van der Waals surface area contributed by atoms with Gasteiger partial charge in [0, 0.05) is 18.0 Å². The molecule has 1 N–H and O–H groups in total. The maximum Gasteiger partial charge on any atom is 0.151 e. The third-order valence-electron chi connectivity index (χ3n) is 2.22. The summed E-state index contributed by atoms with van der Waals surface area (Å²) in [6.45, 7) is 0.776. The van der Waals surface area contributed by atoms with E-state index in [0.717, 1.165) is 24.4 Å². The van der Waals surface area contributed by atoms with Crippen LogP contribution in [0.1, 0.15) is 23.5 Å². The fourth-order valence-corrected chi connectivity index (χ4v) is 2.13. The summed E-state index contributed by atoms with van der Waals surface area (Å²) in [7, 11) is 0. The maximum absolute atomic E-state index is 8.59. The van der Waals surface area contributed by atoms with Crippen molar-refractivity contribution in [2.24, 2.45) is 0 Å². The van der Waals surface area contributed by atoms with Crippen molar-refractivity contribution in [3.05, 3.63) is 28.2 Å². The fourth-order valence-electron chi connectivity index (χ4n) is 1.46. The van der Waals surface area contributed by atoms with Gasteiger partial charge in [0.05, 0.1) is 0 Å². The molecular formula is C10H11N3S. The van der Waals surface area contributed by atoms with Crippen LogP contribution in [0.3, 0.4) is 0 Å². The summed E-state index contributed by atoms with van der Waals surface area (Å²) in [5, 5.41) is 14.8. The van der Waals surface area contributed by atoms with Gasteiger partial charge >= 0.3 is 0 Å². The maximum atomic E-state index is 8.59. The number of hydrogen-bond donors (Lipinski definition) is 1. The molecule has 0 aromatic carbocycles. The Labute approximate surface area is 87.1 Å². The Bertz CT molecular complexity index is 367. The quantitative estimate of drug-likeness (QED) is 0.766. The molecule has 1 aliphatic carbocycles. The van der Waals surface area contributed by atoms with E-state index in [-0.39, 0.29) is 0 Å². The van der Waals surface area contributed by atoms with Crippen molar-refractivity contribution in [3.63, 3.8) is 0 Å². The second-order valence-electron chi connectivity index (χ2n) is 3.26. The first-order chi connectivity index (χ1) is 6.88. The van der Waals surface area contributed by atoms with Crippen LogP contribution in [0.4, 0.5) is 0 Å². The molecule has 14 heavy (non-hydrogen) atoms. The minimum Gasteiger partial charge on any atom is -0.307 e. The first kappa shape index (κ1) is 9.38. The van der Waals surface area contributed by atoms with E-state index in [1.165, 1.54) is 0 Å². The number of thiazole rings is 1. The molecule has 0 spiro atoms. The van der Waals surface area contributed by atoms with Crippen LogP contribution >= 0.6 is 11.3 Å². The molecule has 1 aromatic heterocycles. The molecule has 1 aromatic rings. The second kappa shape index (κ2) is 4.36. The lowest BCUT2D eigenvalue weighted by atomic mass is 10.2. The van der Waals surface area contributed by atoms with Crippen molar-refractivity contribution in [2.45, 2.75) is 25.4 Å². The van der Waals surface area contributed by atoms with Gasteiger partial charge < -0.3 is 5.32 Å². The Morgan fingerprint density at radius 1 is 1.57 bits per heavy atom. The SMILES string of the molecule is N#Cc1csc(CNC2CC=CC2)n1. The summed E-state index contributed by atoms with van der Waals surface area (Å²) in [6, 6.07) is 2.59. The van der Waals surface area contributed by atoms with Gasteiger partial charge in [-0.1, -0.05) is 12.2 Å². The third kappa shape index (κ3) is 2.19. The van der Waals surface area contributed by atoms with Gasteiger partial charge in [-0.05, 0) is 12.8 Å². The predicted octanol–water partition coefficient (Wildman–Crippen LogP) is 1.82. The van der Waals surface area contributed by atoms with Crippen LogP contribution in [0.25, 0.3) is 0 Å². The molecule has 0 fully saturated rings. The Hall–Kier alpha value is -1.18. The summed E-state index contributed by atoms with van der Waals surface area (Å²) < 4.78 is 0. The number of nitrogens with one attached hydrogen (secondary N) is 1. The zero-order valence-corrected chi connectivity index (χ0v) is 8.55. The van der Waals surface area contributed by atoms with Crippen molar-refractivity contribution in [1.82, 2.24) is 10.3 Å². The number of hydrogen-bond acceptors (Lipinski definition) is 4. The second-order valence-corrected chi connectivity index (χ2v) is 4.20.